The van der Waals surface area contributed by atoms with Gasteiger partial charge in [-0.25, -0.2) is 4.98 Å². The summed E-state index contributed by atoms with van der Waals surface area (Å²) in [7, 11) is 1.60. The number of aromatic nitrogens is 4. The molecule has 0 saturated heterocycles. The van der Waals surface area contributed by atoms with Crippen LogP contribution >= 0.6 is 0 Å². The van der Waals surface area contributed by atoms with Crippen molar-refractivity contribution in [3.63, 3.8) is 0 Å². The van der Waals surface area contributed by atoms with Gasteiger partial charge in [0.2, 0.25) is 0 Å². The van der Waals surface area contributed by atoms with Crippen LogP contribution in [0.5, 0.6) is 5.75 Å². The van der Waals surface area contributed by atoms with Gasteiger partial charge in [0.1, 0.15) is 17.3 Å². The first-order valence-electron chi connectivity index (χ1n) is 10.3. The second-order valence-corrected chi connectivity index (χ2v) is 7.58. The molecule has 1 aliphatic heterocycles. The van der Waals surface area contributed by atoms with Gasteiger partial charge in [-0.3, -0.25) is 14.7 Å². The molecule has 8 heteroatoms. The van der Waals surface area contributed by atoms with Crippen molar-refractivity contribution < 1.29 is 9.53 Å². The Bertz CT molecular complexity index is 1330. The van der Waals surface area contributed by atoms with E-state index in [9.17, 15) is 9.59 Å². The van der Waals surface area contributed by atoms with Crippen molar-refractivity contribution in [2.24, 2.45) is 0 Å². The lowest BCUT2D eigenvalue weighted by molar-refractivity contribution is 0.0725. The molecule has 0 spiro atoms. The molecular weight excluding hydrogens is 406 g/mol. The number of H-pyrrole nitrogens is 2. The van der Waals surface area contributed by atoms with Gasteiger partial charge in [0.25, 0.3) is 11.5 Å². The van der Waals surface area contributed by atoms with Crippen molar-refractivity contribution in [2.45, 2.75) is 13.0 Å². The van der Waals surface area contributed by atoms with Gasteiger partial charge in [0, 0.05) is 23.2 Å². The normalized spacial score (nSPS) is 13.0. The molecule has 3 heterocycles. The fourth-order valence-electron chi connectivity index (χ4n) is 3.86. The maximum atomic E-state index is 13.1. The summed E-state index contributed by atoms with van der Waals surface area (Å²) in [6, 6.07) is 18.7. The predicted octanol–water partition coefficient (Wildman–Crippen LogP) is 3.03. The lowest BCUT2D eigenvalue weighted by Gasteiger charge is -2.27. The standard InChI is InChI=1S/C24H21N5O3/c1-32-17-9-7-16(8-10-17)22-25-21-14-29(12-11-18(21)23(30)26-22)24(31)20-13-19(27-28-20)15-5-3-2-4-6-15/h2-10,13H,11-12,14H2,1H3,(H,27,28)(H,25,26,30). The molecular formula is C24H21N5O3. The van der Waals surface area contributed by atoms with Gasteiger partial charge < -0.3 is 14.6 Å². The maximum Gasteiger partial charge on any atom is 0.272 e. The van der Waals surface area contributed by atoms with Crippen molar-refractivity contribution in [1.29, 1.82) is 0 Å². The van der Waals surface area contributed by atoms with E-state index in [1.165, 1.54) is 0 Å². The second-order valence-electron chi connectivity index (χ2n) is 7.58. The number of amides is 1. The molecule has 2 N–H and O–H groups in total. The summed E-state index contributed by atoms with van der Waals surface area (Å²) >= 11 is 0. The number of hydrogen-bond acceptors (Lipinski definition) is 5. The van der Waals surface area contributed by atoms with E-state index >= 15 is 0 Å². The monoisotopic (exact) mass is 427 g/mol. The van der Waals surface area contributed by atoms with Crippen LogP contribution in [0, 0.1) is 0 Å². The largest absolute Gasteiger partial charge is 0.497 e. The van der Waals surface area contributed by atoms with E-state index < -0.39 is 0 Å². The lowest BCUT2D eigenvalue weighted by atomic mass is 10.1. The van der Waals surface area contributed by atoms with Crippen LogP contribution in [-0.2, 0) is 13.0 Å². The first kappa shape index (κ1) is 19.7. The zero-order valence-electron chi connectivity index (χ0n) is 17.5. The Morgan fingerprint density at radius 1 is 1.06 bits per heavy atom. The summed E-state index contributed by atoms with van der Waals surface area (Å²) in [5.41, 5.74) is 3.90. The van der Waals surface area contributed by atoms with Gasteiger partial charge in [-0.1, -0.05) is 30.3 Å². The number of nitrogens with one attached hydrogen (secondary N) is 2. The molecule has 160 valence electrons. The highest BCUT2D eigenvalue weighted by atomic mass is 16.5. The molecule has 0 unspecified atom stereocenters. The molecule has 0 aliphatic carbocycles. The summed E-state index contributed by atoms with van der Waals surface area (Å²) in [5, 5.41) is 7.12. The van der Waals surface area contributed by atoms with E-state index in [-0.39, 0.29) is 18.0 Å². The van der Waals surface area contributed by atoms with E-state index in [0.717, 1.165) is 16.9 Å². The minimum absolute atomic E-state index is 0.166. The molecule has 32 heavy (non-hydrogen) atoms. The van der Waals surface area contributed by atoms with Crippen LogP contribution in [0.4, 0.5) is 0 Å². The fourth-order valence-corrected chi connectivity index (χ4v) is 3.86. The molecule has 1 amide bonds. The van der Waals surface area contributed by atoms with Crippen molar-refractivity contribution in [1.82, 2.24) is 25.1 Å². The number of hydrogen-bond donors (Lipinski definition) is 2. The SMILES string of the molecule is COc1ccc(-c2nc3c(c(=O)[nH]2)CCN(C(=O)c2cc(-c4ccccc4)n[nH]2)C3)cc1. The number of methoxy groups -OCH3 is 1. The molecule has 2 aromatic carbocycles. The second kappa shape index (κ2) is 8.14. The van der Waals surface area contributed by atoms with E-state index in [0.29, 0.717) is 41.4 Å². The van der Waals surface area contributed by atoms with Crippen LogP contribution in [-0.4, -0.2) is 44.6 Å². The fraction of sp³-hybridized carbons (Fsp3) is 0.167. The van der Waals surface area contributed by atoms with Gasteiger partial charge in [0.05, 0.1) is 25.0 Å². The minimum atomic E-state index is -0.168. The van der Waals surface area contributed by atoms with E-state index in [2.05, 4.69) is 20.2 Å². The third-order valence-corrected chi connectivity index (χ3v) is 5.60. The average Bonchev–Trinajstić information content (AvgIpc) is 3.34. The average molecular weight is 427 g/mol. The Kier molecular flexibility index (Phi) is 5.03. The Balaban J connectivity index is 1.40. The van der Waals surface area contributed by atoms with E-state index in [1.54, 1.807) is 18.1 Å². The van der Waals surface area contributed by atoms with Crippen LogP contribution in [0.2, 0.25) is 0 Å². The van der Waals surface area contributed by atoms with Gasteiger partial charge in [-0.05, 0) is 36.8 Å². The highest BCUT2D eigenvalue weighted by Crippen LogP contribution is 2.23. The number of benzene rings is 2. The zero-order valence-corrected chi connectivity index (χ0v) is 17.5. The summed E-state index contributed by atoms with van der Waals surface area (Å²) in [6.45, 7) is 0.707. The molecule has 8 nitrogen and oxygen atoms in total. The van der Waals surface area contributed by atoms with Gasteiger partial charge in [-0.2, -0.15) is 5.10 Å². The smallest absolute Gasteiger partial charge is 0.272 e. The molecule has 5 rings (SSSR count). The first-order chi connectivity index (χ1) is 15.6. The minimum Gasteiger partial charge on any atom is -0.497 e. The van der Waals surface area contributed by atoms with E-state index in [4.69, 9.17) is 4.74 Å². The summed E-state index contributed by atoms with van der Waals surface area (Å²) < 4.78 is 5.19. The highest BCUT2D eigenvalue weighted by Gasteiger charge is 2.26. The third kappa shape index (κ3) is 3.66. The highest BCUT2D eigenvalue weighted by molar-refractivity contribution is 5.93. The Morgan fingerprint density at radius 2 is 1.84 bits per heavy atom. The molecule has 0 radical (unpaired) electrons. The zero-order chi connectivity index (χ0) is 22.1. The van der Waals surface area contributed by atoms with Crippen LogP contribution in [0.25, 0.3) is 22.6 Å². The van der Waals surface area contributed by atoms with Gasteiger partial charge in [-0.15, -0.1) is 0 Å². The molecule has 0 fully saturated rings. The quantitative estimate of drug-likeness (QED) is 0.521. The molecule has 1 aliphatic rings. The Labute approximate surface area is 183 Å². The summed E-state index contributed by atoms with van der Waals surface area (Å²) in [5.74, 6) is 1.03. The number of rotatable bonds is 4. The number of aromatic amines is 2. The van der Waals surface area contributed by atoms with Crippen LogP contribution in [0.15, 0.2) is 65.5 Å². The Morgan fingerprint density at radius 3 is 2.59 bits per heavy atom. The van der Waals surface area contributed by atoms with Crippen molar-refractivity contribution in [2.75, 3.05) is 13.7 Å². The first-order valence-corrected chi connectivity index (χ1v) is 10.3. The van der Waals surface area contributed by atoms with Crippen LogP contribution in [0.3, 0.4) is 0 Å². The molecule has 0 atom stereocenters. The third-order valence-electron chi connectivity index (χ3n) is 5.60. The van der Waals surface area contributed by atoms with Gasteiger partial charge in [0.15, 0.2) is 0 Å². The molecule has 0 saturated carbocycles. The number of ether oxygens (including phenoxy) is 1. The van der Waals surface area contributed by atoms with Crippen molar-refractivity contribution in [3.05, 3.63) is 88.0 Å². The Hall–Kier alpha value is -4.20. The molecule has 2 aromatic heterocycles. The number of carbonyl (C=O) groups is 1. The number of fused-ring (bicyclic) bond motifs is 1. The molecule has 0 bridgehead atoms. The van der Waals surface area contributed by atoms with Crippen LogP contribution < -0.4 is 10.3 Å². The van der Waals surface area contributed by atoms with Crippen LogP contribution in [0.1, 0.15) is 21.7 Å². The maximum absolute atomic E-state index is 13.1. The van der Waals surface area contributed by atoms with Crippen molar-refractivity contribution >= 4 is 5.91 Å². The summed E-state index contributed by atoms with van der Waals surface area (Å²) in [4.78, 5) is 35.0. The number of nitrogens with zero attached hydrogens (tertiary/aromatic N) is 3. The van der Waals surface area contributed by atoms with Crippen molar-refractivity contribution in [3.8, 4) is 28.4 Å². The molecule has 4 aromatic rings. The number of carbonyl (C=O) groups excluding carboxylic acids is 1. The topological polar surface area (TPSA) is 104 Å². The summed E-state index contributed by atoms with van der Waals surface area (Å²) in [6.07, 6.45) is 0.450. The lowest BCUT2D eigenvalue weighted by Crippen LogP contribution is -2.39. The van der Waals surface area contributed by atoms with E-state index in [1.807, 2.05) is 54.6 Å². The predicted molar refractivity (Wildman–Crippen MR) is 119 cm³/mol. The van der Waals surface area contributed by atoms with Gasteiger partial charge >= 0.3 is 0 Å².